The third-order valence-electron chi connectivity index (χ3n) is 1.92. The molecule has 1 aliphatic rings. The van der Waals surface area contributed by atoms with Crippen molar-refractivity contribution in [1.29, 1.82) is 0 Å². The standard InChI is InChI=1S/C9H16N2/c1-2-3-4-6-11-9-5-7-10-8-9/h9-11H,4-8H2,1H3. The Morgan fingerprint density at radius 1 is 1.64 bits per heavy atom. The predicted molar refractivity (Wildman–Crippen MR) is 47.3 cm³/mol. The lowest BCUT2D eigenvalue weighted by molar-refractivity contribution is 0.556. The van der Waals surface area contributed by atoms with Crippen molar-refractivity contribution in [3.05, 3.63) is 0 Å². The van der Waals surface area contributed by atoms with Crippen LogP contribution in [-0.4, -0.2) is 25.7 Å². The molecule has 1 atom stereocenters. The second-order valence-electron chi connectivity index (χ2n) is 2.82. The zero-order chi connectivity index (χ0) is 7.94. The van der Waals surface area contributed by atoms with Gasteiger partial charge in [-0.25, -0.2) is 0 Å². The summed E-state index contributed by atoms with van der Waals surface area (Å²) in [6.07, 6.45) is 2.24. The molecule has 0 radical (unpaired) electrons. The fourth-order valence-corrected chi connectivity index (χ4v) is 1.29. The van der Waals surface area contributed by atoms with Gasteiger partial charge in [0.15, 0.2) is 0 Å². The van der Waals surface area contributed by atoms with E-state index in [9.17, 15) is 0 Å². The Labute approximate surface area is 68.8 Å². The van der Waals surface area contributed by atoms with Crippen LogP contribution in [0.3, 0.4) is 0 Å². The third-order valence-corrected chi connectivity index (χ3v) is 1.92. The minimum atomic E-state index is 0.689. The van der Waals surface area contributed by atoms with Gasteiger partial charge < -0.3 is 10.6 Å². The summed E-state index contributed by atoms with van der Waals surface area (Å²) in [5.74, 6) is 5.93. The van der Waals surface area contributed by atoms with Crippen LogP contribution in [-0.2, 0) is 0 Å². The van der Waals surface area contributed by atoms with E-state index in [1.165, 1.54) is 6.42 Å². The van der Waals surface area contributed by atoms with E-state index < -0.39 is 0 Å². The van der Waals surface area contributed by atoms with Crippen molar-refractivity contribution in [3.63, 3.8) is 0 Å². The van der Waals surface area contributed by atoms with E-state index in [-0.39, 0.29) is 0 Å². The Morgan fingerprint density at radius 3 is 3.18 bits per heavy atom. The van der Waals surface area contributed by atoms with Crippen LogP contribution in [0.2, 0.25) is 0 Å². The highest BCUT2D eigenvalue weighted by Gasteiger charge is 2.11. The zero-order valence-electron chi connectivity index (χ0n) is 7.11. The zero-order valence-corrected chi connectivity index (χ0v) is 7.11. The molecule has 0 aromatic carbocycles. The summed E-state index contributed by atoms with van der Waals surface area (Å²) in [4.78, 5) is 0. The summed E-state index contributed by atoms with van der Waals surface area (Å²) in [6.45, 7) is 5.21. The molecule has 1 heterocycles. The maximum absolute atomic E-state index is 3.45. The Morgan fingerprint density at radius 2 is 2.55 bits per heavy atom. The molecule has 2 heteroatoms. The van der Waals surface area contributed by atoms with Gasteiger partial charge in [-0.1, -0.05) is 0 Å². The van der Waals surface area contributed by atoms with E-state index in [0.717, 1.165) is 26.1 Å². The van der Waals surface area contributed by atoms with Crippen LogP contribution in [0.5, 0.6) is 0 Å². The van der Waals surface area contributed by atoms with Gasteiger partial charge in [0.05, 0.1) is 0 Å². The smallest absolute Gasteiger partial charge is 0.0214 e. The van der Waals surface area contributed by atoms with E-state index >= 15 is 0 Å². The highest BCUT2D eigenvalue weighted by Crippen LogP contribution is 1.95. The first kappa shape index (κ1) is 8.58. The van der Waals surface area contributed by atoms with Crippen LogP contribution in [0, 0.1) is 11.8 Å². The molecule has 0 spiro atoms. The Kier molecular flexibility index (Phi) is 4.03. The normalized spacial score (nSPS) is 22.8. The lowest BCUT2D eigenvalue weighted by atomic mass is 10.2. The summed E-state index contributed by atoms with van der Waals surface area (Å²) in [5, 5.41) is 6.77. The molecule has 11 heavy (non-hydrogen) atoms. The van der Waals surface area contributed by atoms with E-state index in [4.69, 9.17) is 0 Å². The first-order valence-electron chi connectivity index (χ1n) is 4.27. The second kappa shape index (κ2) is 5.17. The molecule has 0 bridgehead atoms. The fourth-order valence-electron chi connectivity index (χ4n) is 1.29. The van der Waals surface area contributed by atoms with Crippen molar-refractivity contribution in [2.75, 3.05) is 19.6 Å². The molecule has 0 saturated carbocycles. The topological polar surface area (TPSA) is 24.1 Å². The molecular formula is C9H16N2. The van der Waals surface area contributed by atoms with Crippen molar-refractivity contribution in [2.45, 2.75) is 25.8 Å². The number of nitrogens with one attached hydrogen (secondary N) is 2. The highest BCUT2D eigenvalue weighted by atomic mass is 15.0. The van der Waals surface area contributed by atoms with Crippen molar-refractivity contribution in [1.82, 2.24) is 10.6 Å². The molecule has 2 nitrogen and oxygen atoms in total. The molecule has 1 rings (SSSR count). The van der Waals surface area contributed by atoms with Gasteiger partial charge in [0.25, 0.3) is 0 Å². The van der Waals surface area contributed by atoms with Crippen LogP contribution in [0.4, 0.5) is 0 Å². The summed E-state index contributed by atoms with van der Waals surface area (Å²) < 4.78 is 0. The van der Waals surface area contributed by atoms with E-state index in [0.29, 0.717) is 6.04 Å². The molecule has 0 aromatic rings. The maximum atomic E-state index is 3.45. The molecule has 0 amide bonds. The molecule has 2 N–H and O–H groups in total. The van der Waals surface area contributed by atoms with Crippen LogP contribution in [0.1, 0.15) is 19.8 Å². The minimum absolute atomic E-state index is 0.689. The van der Waals surface area contributed by atoms with Gasteiger partial charge in [0.1, 0.15) is 0 Å². The van der Waals surface area contributed by atoms with Crippen molar-refractivity contribution >= 4 is 0 Å². The average Bonchev–Trinajstić information content (AvgIpc) is 2.50. The van der Waals surface area contributed by atoms with E-state index in [1.54, 1.807) is 0 Å². The van der Waals surface area contributed by atoms with Gasteiger partial charge in [0.2, 0.25) is 0 Å². The highest BCUT2D eigenvalue weighted by molar-refractivity contribution is 4.95. The third kappa shape index (κ3) is 3.41. The minimum Gasteiger partial charge on any atom is -0.315 e. The molecule has 0 aliphatic carbocycles. The van der Waals surface area contributed by atoms with Gasteiger partial charge in [-0.2, -0.15) is 0 Å². The van der Waals surface area contributed by atoms with E-state index in [2.05, 4.69) is 22.5 Å². The van der Waals surface area contributed by atoms with Crippen LogP contribution < -0.4 is 10.6 Å². The Bertz CT molecular complexity index is 149. The molecule has 1 unspecified atom stereocenters. The number of hydrogen-bond acceptors (Lipinski definition) is 2. The molecule has 0 aromatic heterocycles. The molecule has 1 aliphatic heterocycles. The molecular weight excluding hydrogens is 136 g/mol. The molecule has 1 fully saturated rings. The summed E-state index contributed by atoms with van der Waals surface area (Å²) in [7, 11) is 0. The first-order valence-corrected chi connectivity index (χ1v) is 4.27. The number of hydrogen-bond donors (Lipinski definition) is 2. The van der Waals surface area contributed by atoms with Crippen LogP contribution >= 0.6 is 0 Å². The molecule has 1 saturated heterocycles. The van der Waals surface area contributed by atoms with Crippen molar-refractivity contribution in [3.8, 4) is 11.8 Å². The lowest BCUT2D eigenvalue weighted by Crippen LogP contribution is -2.31. The Hall–Kier alpha value is -0.520. The summed E-state index contributed by atoms with van der Waals surface area (Å²) >= 11 is 0. The van der Waals surface area contributed by atoms with Gasteiger partial charge in [-0.05, 0) is 19.9 Å². The Balaban J connectivity index is 1.96. The second-order valence-corrected chi connectivity index (χ2v) is 2.82. The van der Waals surface area contributed by atoms with Gasteiger partial charge >= 0.3 is 0 Å². The van der Waals surface area contributed by atoms with Gasteiger partial charge in [-0.15, -0.1) is 11.8 Å². The van der Waals surface area contributed by atoms with Crippen LogP contribution in [0.25, 0.3) is 0 Å². The largest absolute Gasteiger partial charge is 0.315 e. The fraction of sp³-hybridized carbons (Fsp3) is 0.778. The van der Waals surface area contributed by atoms with Gasteiger partial charge in [0, 0.05) is 25.6 Å². The van der Waals surface area contributed by atoms with Gasteiger partial charge in [-0.3, -0.25) is 0 Å². The van der Waals surface area contributed by atoms with Crippen LogP contribution in [0.15, 0.2) is 0 Å². The first-order chi connectivity index (χ1) is 5.43. The van der Waals surface area contributed by atoms with Crippen molar-refractivity contribution in [2.24, 2.45) is 0 Å². The van der Waals surface area contributed by atoms with E-state index in [1.807, 2.05) is 6.92 Å². The number of rotatable bonds is 3. The van der Waals surface area contributed by atoms with Crippen molar-refractivity contribution < 1.29 is 0 Å². The average molecular weight is 152 g/mol. The molecule has 62 valence electrons. The summed E-state index contributed by atoms with van der Waals surface area (Å²) in [6, 6.07) is 0.689. The predicted octanol–water partition coefficient (Wildman–Crippen LogP) is 0.351. The quantitative estimate of drug-likeness (QED) is 0.450. The summed E-state index contributed by atoms with van der Waals surface area (Å²) in [5.41, 5.74) is 0. The lowest BCUT2D eigenvalue weighted by Gasteiger charge is -2.08. The maximum Gasteiger partial charge on any atom is 0.0214 e. The SMILES string of the molecule is CC#CCCNC1CCNC1. The monoisotopic (exact) mass is 152 g/mol.